The Morgan fingerprint density at radius 2 is 2.25 bits per heavy atom. The van der Waals surface area contributed by atoms with Gasteiger partial charge in [-0.15, -0.1) is 6.58 Å². The number of hydrogen-bond acceptors (Lipinski definition) is 2. The van der Waals surface area contributed by atoms with Crippen LogP contribution >= 0.6 is 11.6 Å². The van der Waals surface area contributed by atoms with Crippen molar-refractivity contribution in [3.8, 4) is 0 Å². The molecular formula is C12H14ClNO2. The van der Waals surface area contributed by atoms with E-state index in [9.17, 15) is 9.90 Å². The Balaban J connectivity index is 3.16. The lowest BCUT2D eigenvalue weighted by atomic mass is 9.92. The molecule has 0 saturated heterocycles. The van der Waals surface area contributed by atoms with Crippen LogP contribution in [-0.2, 0) is 10.3 Å². The van der Waals surface area contributed by atoms with Gasteiger partial charge in [-0.25, -0.2) is 4.79 Å². The predicted molar refractivity (Wildman–Crippen MR) is 64.6 cm³/mol. The SMILES string of the molecule is C=CCNC(C)(C(=O)O)c1ccccc1Cl. The first-order chi connectivity index (χ1) is 7.52. The van der Waals surface area contributed by atoms with Gasteiger partial charge in [0.05, 0.1) is 0 Å². The minimum atomic E-state index is -1.20. The smallest absolute Gasteiger partial charge is 0.328 e. The van der Waals surface area contributed by atoms with E-state index in [2.05, 4.69) is 11.9 Å². The molecule has 2 N–H and O–H groups in total. The molecule has 0 amide bonds. The lowest BCUT2D eigenvalue weighted by molar-refractivity contribution is -0.144. The number of hydrogen-bond donors (Lipinski definition) is 2. The summed E-state index contributed by atoms with van der Waals surface area (Å²) in [7, 11) is 0. The Labute approximate surface area is 99.7 Å². The van der Waals surface area contributed by atoms with E-state index in [0.29, 0.717) is 17.1 Å². The molecule has 1 aromatic carbocycles. The summed E-state index contributed by atoms with van der Waals surface area (Å²) in [5, 5.41) is 12.6. The van der Waals surface area contributed by atoms with Crippen LogP contribution in [0.1, 0.15) is 12.5 Å². The second-order valence-corrected chi connectivity index (χ2v) is 3.99. The molecule has 0 bridgehead atoms. The molecule has 0 radical (unpaired) electrons. The summed E-state index contributed by atoms with van der Waals surface area (Å²) < 4.78 is 0. The summed E-state index contributed by atoms with van der Waals surface area (Å²) in [6.45, 7) is 5.53. The summed E-state index contributed by atoms with van der Waals surface area (Å²) in [5.74, 6) is -0.970. The third-order valence-electron chi connectivity index (χ3n) is 2.44. The van der Waals surface area contributed by atoms with E-state index in [4.69, 9.17) is 11.6 Å². The Hall–Kier alpha value is -1.32. The molecule has 0 heterocycles. The largest absolute Gasteiger partial charge is 0.480 e. The Kier molecular flexibility index (Phi) is 4.10. The summed E-state index contributed by atoms with van der Waals surface area (Å²) in [5.41, 5.74) is -0.655. The molecule has 16 heavy (non-hydrogen) atoms. The normalized spacial score (nSPS) is 14.1. The number of halogens is 1. The monoisotopic (exact) mass is 239 g/mol. The van der Waals surface area contributed by atoms with E-state index in [0.717, 1.165) is 0 Å². The molecule has 0 saturated carbocycles. The zero-order valence-electron chi connectivity index (χ0n) is 9.03. The van der Waals surface area contributed by atoms with Crippen molar-refractivity contribution in [2.75, 3.05) is 6.54 Å². The van der Waals surface area contributed by atoms with Gasteiger partial charge in [0, 0.05) is 17.1 Å². The van der Waals surface area contributed by atoms with Crippen molar-refractivity contribution in [1.82, 2.24) is 5.32 Å². The highest BCUT2D eigenvalue weighted by Gasteiger charge is 2.35. The van der Waals surface area contributed by atoms with E-state index in [1.165, 1.54) is 0 Å². The fourth-order valence-corrected chi connectivity index (χ4v) is 1.75. The molecule has 3 nitrogen and oxygen atoms in total. The zero-order chi connectivity index (χ0) is 12.2. The second-order valence-electron chi connectivity index (χ2n) is 3.58. The van der Waals surface area contributed by atoms with Crippen LogP contribution in [0.5, 0.6) is 0 Å². The van der Waals surface area contributed by atoms with Gasteiger partial charge in [-0.05, 0) is 13.0 Å². The quantitative estimate of drug-likeness (QED) is 0.776. The van der Waals surface area contributed by atoms with Crippen molar-refractivity contribution in [1.29, 1.82) is 0 Å². The zero-order valence-corrected chi connectivity index (χ0v) is 9.79. The Bertz CT molecular complexity index is 406. The van der Waals surface area contributed by atoms with Crippen molar-refractivity contribution in [3.05, 3.63) is 47.5 Å². The summed E-state index contributed by atoms with van der Waals surface area (Å²) in [6, 6.07) is 6.90. The second kappa shape index (κ2) is 5.14. The van der Waals surface area contributed by atoms with Crippen molar-refractivity contribution in [2.24, 2.45) is 0 Å². The molecule has 0 spiro atoms. The fraction of sp³-hybridized carbons (Fsp3) is 0.250. The van der Waals surface area contributed by atoms with Gasteiger partial charge >= 0.3 is 5.97 Å². The molecule has 0 aliphatic carbocycles. The van der Waals surface area contributed by atoms with Crippen molar-refractivity contribution in [2.45, 2.75) is 12.5 Å². The Morgan fingerprint density at radius 3 is 2.75 bits per heavy atom. The van der Waals surface area contributed by atoms with E-state index < -0.39 is 11.5 Å². The van der Waals surface area contributed by atoms with Gasteiger partial charge in [0.2, 0.25) is 0 Å². The molecule has 1 atom stereocenters. The maximum absolute atomic E-state index is 11.3. The third kappa shape index (κ3) is 2.43. The van der Waals surface area contributed by atoms with Gasteiger partial charge in [0.15, 0.2) is 0 Å². The highest BCUT2D eigenvalue weighted by atomic mass is 35.5. The van der Waals surface area contributed by atoms with Crippen LogP contribution in [0.3, 0.4) is 0 Å². The predicted octanol–water partition coefficient (Wildman–Crippen LogP) is 2.42. The van der Waals surface area contributed by atoms with Crippen LogP contribution in [0.15, 0.2) is 36.9 Å². The molecule has 0 fully saturated rings. The number of carbonyl (C=O) groups is 1. The van der Waals surface area contributed by atoms with Crippen molar-refractivity contribution < 1.29 is 9.90 Å². The minimum absolute atomic E-state index is 0.397. The van der Waals surface area contributed by atoms with Crippen molar-refractivity contribution in [3.63, 3.8) is 0 Å². The van der Waals surface area contributed by atoms with Gasteiger partial charge in [-0.3, -0.25) is 5.32 Å². The average Bonchev–Trinajstić information content (AvgIpc) is 2.26. The number of benzene rings is 1. The van der Waals surface area contributed by atoms with Crippen LogP contribution in [-0.4, -0.2) is 17.6 Å². The lowest BCUT2D eigenvalue weighted by Gasteiger charge is -2.27. The first kappa shape index (κ1) is 12.7. The Morgan fingerprint density at radius 1 is 1.62 bits per heavy atom. The number of nitrogens with one attached hydrogen (secondary N) is 1. The van der Waals surface area contributed by atoms with Gasteiger partial charge in [-0.1, -0.05) is 35.9 Å². The van der Waals surface area contributed by atoms with Crippen molar-refractivity contribution >= 4 is 17.6 Å². The molecule has 86 valence electrons. The van der Waals surface area contributed by atoms with E-state index in [1.807, 2.05) is 0 Å². The highest BCUT2D eigenvalue weighted by Crippen LogP contribution is 2.28. The molecule has 4 heteroatoms. The number of aliphatic carboxylic acids is 1. The maximum Gasteiger partial charge on any atom is 0.328 e. The van der Waals surface area contributed by atoms with Crippen LogP contribution in [0.2, 0.25) is 5.02 Å². The highest BCUT2D eigenvalue weighted by molar-refractivity contribution is 6.31. The molecule has 0 aliphatic rings. The standard InChI is InChI=1S/C12H14ClNO2/c1-3-8-14-12(2,11(15)16)9-6-4-5-7-10(9)13/h3-7,14H,1,8H2,2H3,(H,15,16). The lowest BCUT2D eigenvalue weighted by Crippen LogP contribution is -2.46. The van der Waals surface area contributed by atoms with Crippen LogP contribution in [0.4, 0.5) is 0 Å². The van der Waals surface area contributed by atoms with E-state index >= 15 is 0 Å². The molecule has 0 aromatic heterocycles. The summed E-state index contributed by atoms with van der Waals surface area (Å²) in [4.78, 5) is 11.3. The topological polar surface area (TPSA) is 49.3 Å². The van der Waals surface area contributed by atoms with E-state index in [1.54, 1.807) is 37.3 Å². The number of rotatable bonds is 5. The molecule has 1 aromatic rings. The maximum atomic E-state index is 11.3. The van der Waals surface area contributed by atoms with E-state index in [-0.39, 0.29) is 0 Å². The van der Waals surface area contributed by atoms with Crippen LogP contribution in [0.25, 0.3) is 0 Å². The van der Waals surface area contributed by atoms with Gasteiger partial charge < -0.3 is 5.11 Å². The molecule has 1 rings (SSSR count). The summed E-state index contributed by atoms with van der Waals surface area (Å²) in [6.07, 6.45) is 1.61. The van der Waals surface area contributed by atoms with Crippen LogP contribution in [0, 0.1) is 0 Å². The number of carboxylic acids is 1. The first-order valence-electron chi connectivity index (χ1n) is 4.86. The first-order valence-corrected chi connectivity index (χ1v) is 5.24. The minimum Gasteiger partial charge on any atom is -0.480 e. The van der Waals surface area contributed by atoms with Gasteiger partial charge in [0.1, 0.15) is 5.54 Å². The van der Waals surface area contributed by atoms with Gasteiger partial charge in [0.25, 0.3) is 0 Å². The fourth-order valence-electron chi connectivity index (χ4n) is 1.43. The molecular weight excluding hydrogens is 226 g/mol. The van der Waals surface area contributed by atoms with Gasteiger partial charge in [-0.2, -0.15) is 0 Å². The van der Waals surface area contributed by atoms with Crippen LogP contribution < -0.4 is 5.32 Å². The number of carboxylic acid groups (broad SMARTS) is 1. The molecule has 1 unspecified atom stereocenters. The third-order valence-corrected chi connectivity index (χ3v) is 2.77. The molecule has 0 aliphatic heterocycles. The average molecular weight is 240 g/mol. The summed E-state index contributed by atoms with van der Waals surface area (Å²) >= 11 is 6.00.